The van der Waals surface area contributed by atoms with Crippen molar-refractivity contribution in [2.75, 3.05) is 0 Å². The zero-order valence-corrected chi connectivity index (χ0v) is 9.13. The van der Waals surface area contributed by atoms with E-state index in [2.05, 4.69) is 11.4 Å². The molecule has 0 unspecified atom stereocenters. The Labute approximate surface area is 88.1 Å². The molecule has 0 saturated heterocycles. The molecule has 1 heterocycles. The highest BCUT2D eigenvalue weighted by Crippen LogP contribution is 2.22. The van der Waals surface area contributed by atoms with Gasteiger partial charge in [0.1, 0.15) is 0 Å². The molecule has 1 aliphatic carbocycles. The lowest BCUT2D eigenvalue weighted by Crippen LogP contribution is -2.24. The van der Waals surface area contributed by atoms with Crippen molar-refractivity contribution in [3.8, 4) is 0 Å². The zero-order chi connectivity index (χ0) is 9.10. The highest BCUT2D eigenvalue weighted by atomic mass is 35.5. The van der Waals surface area contributed by atoms with Gasteiger partial charge in [-0.1, -0.05) is 24.4 Å². The third kappa shape index (κ3) is 2.70. The summed E-state index contributed by atoms with van der Waals surface area (Å²) in [6, 6.07) is 4.83. The van der Waals surface area contributed by atoms with Crippen LogP contribution in [0.1, 0.15) is 30.6 Å². The Hall–Kier alpha value is -0.0500. The minimum atomic E-state index is 0.751. The fraction of sp³-hybridized carbons (Fsp3) is 0.600. The Kier molecular flexibility index (Phi) is 3.25. The molecule has 72 valence electrons. The van der Waals surface area contributed by atoms with E-state index in [0.29, 0.717) is 0 Å². The molecule has 1 nitrogen and oxygen atoms in total. The van der Waals surface area contributed by atoms with E-state index in [1.54, 1.807) is 11.3 Å². The molecule has 1 aliphatic rings. The van der Waals surface area contributed by atoms with E-state index in [1.807, 2.05) is 6.07 Å². The lowest BCUT2D eigenvalue weighted by molar-refractivity contribution is 0.527. The minimum Gasteiger partial charge on any atom is -0.309 e. The summed E-state index contributed by atoms with van der Waals surface area (Å²) in [6.07, 6.45) is 5.48. The maximum Gasteiger partial charge on any atom is 0.0931 e. The Morgan fingerprint density at radius 1 is 1.38 bits per heavy atom. The second kappa shape index (κ2) is 4.45. The van der Waals surface area contributed by atoms with Gasteiger partial charge in [0, 0.05) is 17.5 Å². The highest BCUT2D eigenvalue weighted by molar-refractivity contribution is 7.16. The molecule has 1 N–H and O–H groups in total. The number of hydrogen-bond donors (Lipinski definition) is 1. The Balaban J connectivity index is 1.78. The summed E-state index contributed by atoms with van der Waals surface area (Å²) in [4.78, 5) is 1.34. The standard InChI is InChI=1S/C10H14ClNS/c11-10-6-5-9(13-10)7-12-8-3-1-2-4-8/h5-6,8,12H,1-4,7H2. The van der Waals surface area contributed by atoms with Crippen LogP contribution in [0, 0.1) is 0 Å². The molecule has 1 aromatic heterocycles. The monoisotopic (exact) mass is 215 g/mol. The van der Waals surface area contributed by atoms with E-state index in [-0.39, 0.29) is 0 Å². The van der Waals surface area contributed by atoms with Gasteiger partial charge in [-0.3, -0.25) is 0 Å². The average Bonchev–Trinajstić information content (AvgIpc) is 2.71. The van der Waals surface area contributed by atoms with E-state index in [4.69, 9.17) is 11.6 Å². The summed E-state index contributed by atoms with van der Waals surface area (Å²) in [6.45, 7) is 0.988. The molecule has 0 amide bonds. The number of rotatable bonds is 3. The van der Waals surface area contributed by atoms with Crippen molar-refractivity contribution in [2.24, 2.45) is 0 Å². The molecule has 0 aromatic carbocycles. The number of thiophene rings is 1. The molecular formula is C10H14ClNS. The van der Waals surface area contributed by atoms with Gasteiger partial charge in [-0.05, 0) is 25.0 Å². The van der Waals surface area contributed by atoms with Crippen LogP contribution in [0.5, 0.6) is 0 Å². The first-order valence-corrected chi connectivity index (χ1v) is 6.01. The summed E-state index contributed by atoms with van der Waals surface area (Å²) < 4.78 is 0.892. The van der Waals surface area contributed by atoms with Crippen LogP contribution in [0.2, 0.25) is 4.34 Å². The minimum absolute atomic E-state index is 0.751. The predicted molar refractivity (Wildman–Crippen MR) is 58.4 cm³/mol. The van der Waals surface area contributed by atoms with Crippen LogP contribution in [0.3, 0.4) is 0 Å². The van der Waals surface area contributed by atoms with Crippen molar-refractivity contribution in [1.82, 2.24) is 5.32 Å². The summed E-state index contributed by atoms with van der Waals surface area (Å²) >= 11 is 7.52. The van der Waals surface area contributed by atoms with Gasteiger partial charge in [-0.25, -0.2) is 0 Å². The van der Waals surface area contributed by atoms with Crippen molar-refractivity contribution in [3.63, 3.8) is 0 Å². The van der Waals surface area contributed by atoms with Gasteiger partial charge < -0.3 is 5.32 Å². The van der Waals surface area contributed by atoms with Gasteiger partial charge in [0.15, 0.2) is 0 Å². The van der Waals surface area contributed by atoms with Gasteiger partial charge in [0.2, 0.25) is 0 Å². The fourth-order valence-electron chi connectivity index (χ4n) is 1.82. The van der Waals surface area contributed by atoms with Crippen LogP contribution in [0.4, 0.5) is 0 Å². The Bertz CT molecular complexity index is 266. The molecule has 0 bridgehead atoms. The van der Waals surface area contributed by atoms with E-state index in [1.165, 1.54) is 30.6 Å². The lowest BCUT2D eigenvalue weighted by Gasteiger charge is -2.09. The topological polar surface area (TPSA) is 12.0 Å². The molecule has 2 rings (SSSR count). The Morgan fingerprint density at radius 2 is 2.15 bits per heavy atom. The SMILES string of the molecule is Clc1ccc(CNC2CCCC2)s1. The van der Waals surface area contributed by atoms with Gasteiger partial charge in [-0.2, -0.15) is 0 Å². The maximum absolute atomic E-state index is 5.85. The van der Waals surface area contributed by atoms with Gasteiger partial charge in [0.05, 0.1) is 4.34 Å². The van der Waals surface area contributed by atoms with Crippen LogP contribution < -0.4 is 5.32 Å². The molecule has 1 aromatic rings. The number of halogens is 1. The molecule has 0 atom stereocenters. The first-order chi connectivity index (χ1) is 6.34. The average molecular weight is 216 g/mol. The highest BCUT2D eigenvalue weighted by Gasteiger charge is 2.13. The van der Waals surface area contributed by atoms with E-state index in [9.17, 15) is 0 Å². The first kappa shape index (κ1) is 9.50. The van der Waals surface area contributed by atoms with Crippen LogP contribution in [0.15, 0.2) is 12.1 Å². The van der Waals surface area contributed by atoms with E-state index < -0.39 is 0 Å². The van der Waals surface area contributed by atoms with Gasteiger partial charge in [-0.15, -0.1) is 11.3 Å². The van der Waals surface area contributed by atoms with Crippen LogP contribution >= 0.6 is 22.9 Å². The lowest BCUT2D eigenvalue weighted by atomic mass is 10.2. The molecule has 0 radical (unpaired) electrons. The molecule has 3 heteroatoms. The van der Waals surface area contributed by atoms with Gasteiger partial charge in [0.25, 0.3) is 0 Å². The third-order valence-electron chi connectivity index (χ3n) is 2.55. The molecule has 1 saturated carbocycles. The molecule has 1 fully saturated rings. The van der Waals surface area contributed by atoms with Crippen molar-refractivity contribution >= 4 is 22.9 Å². The second-order valence-electron chi connectivity index (χ2n) is 3.57. The van der Waals surface area contributed by atoms with Crippen LogP contribution in [-0.2, 0) is 6.54 Å². The second-order valence-corrected chi connectivity index (χ2v) is 5.37. The molecule has 0 spiro atoms. The summed E-state index contributed by atoms with van der Waals surface area (Å²) in [7, 11) is 0. The van der Waals surface area contributed by atoms with Crippen molar-refractivity contribution < 1.29 is 0 Å². The van der Waals surface area contributed by atoms with E-state index in [0.717, 1.165) is 16.9 Å². The third-order valence-corrected chi connectivity index (χ3v) is 3.78. The Morgan fingerprint density at radius 3 is 2.77 bits per heavy atom. The number of hydrogen-bond acceptors (Lipinski definition) is 2. The smallest absolute Gasteiger partial charge is 0.0931 e. The molecule has 13 heavy (non-hydrogen) atoms. The van der Waals surface area contributed by atoms with Crippen molar-refractivity contribution in [2.45, 2.75) is 38.3 Å². The largest absolute Gasteiger partial charge is 0.309 e. The predicted octanol–water partition coefficient (Wildman–Crippen LogP) is 3.43. The summed E-state index contributed by atoms with van der Waals surface area (Å²) in [5.74, 6) is 0. The zero-order valence-electron chi connectivity index (χ0n) is 7.55. The normalized spacial score (nSPS) is 18.2. The van der Waals surface area contributed by atoms with Crippen LogP contribution in [0.25, 0.3) is 0 Å². The quantitative estimate of drug-likeness (QED) is 0.815. The molecular weight excluding hydrogens is 202 g/mol. The summed E-state index contributed by atoms with van der Waals surface area (Å²) in [5, 5.41) is 3.56. The van der Waals surface area contributed by atoms with Crippen molar-refractivity contribution in [3.05, 3.63) is 21.3 Å². The van der Waals surface area contributed by atoms with Gasteiger partial charge >= 0.3 is 0 Å². The van der Waals surface area contributed by atoms with E-state index >= 15 is 0 Å². The molecule has 0 aliphatic heterocycles. The first-order valence-electron chi connectivity index (χ1n) is 4.82. The summed E-state index contributed by atoms with van der Waals surface area (Å²) in [5.41, 5.74) is 0. The maximum atomic E-state index is 5.85. The van der Waals surface area contributed by atoms with Crippen molar-refractivity contribution in [1.29, 1.82) is 0 Å². The van der Waals surface area contributed by atoms with Crippen LogP contribution in [-0.4, -0.2) is 6.04 Å². The number of nitrogens with one attached hydrogen (secondary N) is 1. The fourth-order valence-corrected chi connectivity index (χ4v) is 2.86.